The Hall–Kier alpha value is -2.50. The second-order valence-electron chi connectivity index (χ2n) is 4.63. The third-order valence-corrected chi connectivity index (χ3v) is 3.07. The van der Waals surface area contributed by atoms with E-state index in [1.807, 2.05) is 20.0 Å². The largest absolute Gasteiger partial charge is 0.435 e. The molecule has 4 nitrogen and oxygen atoms in total. The average Bonchev–Trinajstić information content (AvgIpc) is 2.85. The summed E-state index contributed by atoms with van der Waals surface area (Å²) in [4.78, 5) is 12.1. The van der Waals surface area contributed by atoms with Gasteiger partial charge in [-0.1, -0.05) is 12.1 Å². The molecule has 2 rings (SSSR count). The minimum Gasteiger partial charge on any atom is -0.435 e. The monoisotopic (exact) mass is 306 g/mol. The topological polar surface area (TPSA) is 44.1 Å². The third kappa shape index (κ3) is 4.00. The second-order valence-corrected chi connectivity index (χ2v) is 4.63. The summed E-state index contributed by atoms with van der Waals surface area (Å²) in [5.41, 5.74) is 1.95. The van der Waals surface area contributed by atoms with Crippen molar-refractivity contribution >= 4 is 11.9 Å². The van der Waals surface area contributed by atoms with Crippen molar-refractivity contribution in [1.82, 2.24) is 9.78 Å². The van der Waals surface area contributed by atoms with E-state index in [1.165, 1.54) is 24.3 Å². The van der Waals surface area contributed by atoms with Crippen molar-refractivity contribution in [2.24, 2.45) is 0 Å². The van der Waals surface area contributed by atoms with Crippen molar-refractivity contribution in [2.45, 2.75) is 27.0 Å². The summed E-state index contributed by atoms with van der Waals surface area (Å²) in [6.07, 6.45) is 4.90. The van der Waals surface area contributed by atoms with Crippen molar-refractivity contribution in [2.75, 3.05) is 0 Å². The van der Waals surface area contributed by atoms with Crippen LogP contribution in [0.1, 0.15) is 28.5 Å². The fourth-order valence-electron chi connectivity index (χ4n) is 1.95. The van der Waals surface area contributed by atoms with Crippen LogP contribution in [0.4, 0.5) is 8.78 Å². The molecule has 0 bridgehead atoms. The predicted molar refractivity (Wildman–Crippen MR) is 79.1 cm³/mol. The van der Waals surface area contributed by atoms with Gasteiger partial charge in [-0.15, -0.1) is 0 Å². The summed E-state index contributed by atoms with van der Waals surface area (Å²) in [5.74, 6) is -0.326. The van der Waals surface area contributed by atoms with Gasteiger partial charge in [0.2, 0.25) is 0 Å². The van der Waals surface area contributed by atoms with Crippen LogP contribution in [0, 0.1) is 6.92 Å². The SMILES string of the molecule is CCn1cc(/C=C/C(=O)c2cccc(OC(F)F)c2)c(C)n1. The van der Waals surface area contributed by atoms with Crippen LogP contribution in [0.5, 0.6) is 5.75 Å². The number of alkyl halides is 2. The average molecular weight is 306 g/mol. The molecule has 6 heteroatoms. The first-order chi connectivity index (χ1) is 10.5. The van der Waals surface area contributed by atoms with Crippen LogP contribution in [0.3, 0.4) is 0 Å². The van der Waals surface area contributed by atoms with E-state index in [0.717, 1.165) is 17.8 Å². The highest BCUT2D eigenvalue weighted by molar-refractivity contribution is 6.07. The maximum absolute atomic E-state index is 12.2. The highest BCUT2D eigenvalue weighted by Crippen LogP contribution is 2.17. The maximum Gasteiger partial charge on any atom is 0.387 e. The molecular weight excluding hydrogens is 290 g/mol. The molecule has 1 aromatic heterocycles. The molecule has 1 aromatic carbocycles. The molecule has 22 heavy (non-hydrogen) atoms. The molecule has 0 unspecified atom stereocenters. The Balaban J connectivity index is 2.14. The molecule has 0 spiro atoms. The number of ether oxygens (including phenoxy) is 1. The Morgan fingerprint density at radius 1 is 1.45 bits per heavy atom. The first-order valence-electron chi connectivity index (χ1n) is 6.81. The molecule has 116 valence electrons. The fraction of sp³-hybridized carbons (Fsp3) is 0.250. The number of hydrogen-bond donors (Lipinski definition) is 0. The first-order valence-corrected chi connectivity index (χ1v) is 6.81. The van der Waals surface area contributed by atoms with Gasteiger partial charge in [0.05, 0.1) is 5.69 Å². The number of aromatic nitrogens is 2. The van der Waals surface area contributed by atoms with Crippen molar-refractivity contribution < 1.29 is 18.3 Å². The van der Waals surface area contributed by atoms with Gasteiger partial charge in [-0.2, -0.15) is 13.9 Å². The van der Waals surface area contributed by atoms with Crippen LogP contribution in [0.25, 0.3) is 6.08 Å². The van der Waals surface area contributed by atoms with Gasteiger partial charge in [-0.05, 0) is 38.1 Å². The van der Waals surface area contributed by atoms with E-state index in [4.69, 9.17) is 0 Å². The summed E-state index contributed by atoms with van der Waals surface area (Å²) in [5, 5.41) is 4.28. The van der Waals surface area contributed by atoms with Crippen molar-refractivity contribution in [1.29, 1.82) is 0 Å². The molecule has 0 aliphatic heterocycles. The van der Waals surface area contributed by atoms with Crippen LogP contribution >= 0.6 is 0 Å². The first kappa shape index (κ1) is 15.9. The standard InChI is InChI=1S/C16H16F2N2O2/c1-3-20-10-13(11(2)19-20)7-8-15(21)12-5-4-6-14(9-12)22-16(17)18/h4-10,16H,3H2,1-2H3/b8-7+. The molecule has 0 atom stereocenters. The van der Waals surface area contributed by atoms with E-state index in [-0.39, 0.29) is 17.1 Å². The lowest BCUT2D eigenvalue weighted by Gasteiger charge is -2.04. The molecule has 0 N–H and O–H groups in total. The van der Waals surface area contributed by atoms with Gasteiger partial charge in [-0.3, -0.25) is 9.48 Å². The highest BCUT2D eigenvalue weighted by atomic mass is 19.3. The van der Waals surface area contributed by atoms with Gasteiger partial charge in [0, 0.05) is 23.9 Å². The lowest BCUT2D eigenvalue weighted by Crippen LogP contribution is -2.03. The molecule has 0 aliphatic carbocycles. The Bertz CT molecular complexity index is 693. The van der Waals surface area contributed by atoms with E-state index in [1.54, 1.807) is 16.8 Å². The van der Waals surface area contributed by atoms with Gasteiger partial charge in [0.15, 0.2) is 5.78 Å². The quantitative estimate of drug-likeness (QED) is 0.603. The molecule has 0 radical (unpaired) electrons. The van der Waals surface area contributed by atoms with Gasteiger partial charge in [-0.25, -0.2) is 0 Å². The Morgan fingerprint density at radius 2 is 2.23 bits per heavy atom. The molecule has 0 saturated heterocycles. The lowest BCUT2D eigenvalue weighted by molar-refractivity contribution is -0.0498. The normalized spacial score (nSPS) is 11.3. The summed E-state index contributed by atoms with van der Waals surface area (Å²) in [6.45, 7) is 1.66. The van der Waals surface area contributed by atoms with Crippen molar-refractivity contribution in [3.63, 3.8) is 0 Å². The Kier molecular flexibility index (Phi) is 5.04. The number of ketones is 1. The molecule has 0 saturated carbocycles. The van der Waals surface area contributed by atoms with E-state index in [0.29, 0.717) is 0 Å². The fourth-order valence-corrected chi connectivity index (χ4v) is 1.95. The van der Waals surface area contributed by atoms with E-state index >= 15 is 0 Å². The number of aryl methyl sites for hydroxylation is 2. The van der Waals surface area contributed by atoms with Gasteiger partial charge in [0.1, 0.15) is 5.75 Å². The predicted octanol–water partition coefficient (Wildman–Crippen LogP) is 3.71. The van der Waals surface area contributed by atoms with Crippen LogP contribution in [0.15, 0.2) is 36.5 Å². The second kappa shape index (κ2) is 6.98. The molecule has 0 aliphatic rings. The van der Waals surface area contributed by atoms with Gasteiger partial charge < -0.3 is 4.74 Å². The number of carbonyl (C=O) groups is 1. The van der Waals surface area contributed by atoms with Gasteiger partial charge in [0.25, 0.3) is 0 Å². The Labute approximate surface area is 127 Å². The lowest BCUT2D eigenvalue weighted by atomic mass is 10.1. The zero-order chi connectivity index (χ0) is 16.1. The Morgan fingerprint density at radius 3 is 2.86 bits per heavy atom. The number of benzene rings is 1. The number of hydrogen-bond acceptors (Lipinski definition) is 3. The smallest absolute Gasteiger partial charge is 0.387 e. The summed E-state index contributed by atoms with van der Waals surface area (Å²) >= 11 is 0. The third-order valence-electron chi connectivity index (χ3n) is 3.07. The van der Waals surface area contributed by atoms with Crippen molar-refractivity contribution in [3.05, 3.63) is 53.4 Å². The summed E-state index contributed by atoms with van der Waals surface area (Å²) in [7, 11) is 0. The van der Waals surface area contributed by atoms with Crippen LogP contribution in [0.2, 0.25) is 0 Å². The molecule has 2 aromatic rings. The minimum absolute atomic E-state index is 0.0377. The molecule has 1 heterocycles. The minimum atomic E-state index is -2.91. The van der Waals surface area contributed by atoms with E-state index < -0.39 is 6.61 Å². The molecule has 0 fully saturated rings. The number of carbonyl (C=O) groups excluding carboxylic acids is 1. The van der Waals surface area contributed by atoms with Crippen LogP contribution in [-0.4, -0.2) is 22.2 Å². The van der Waals surface area contributed by atoms with E-state index in [2.05, 4.69) is 9.84 Å². The highest BCUT2D eigenvalue weighted by Gasteiger charge is 2.08. The van der Waals surface area contributed by atoms with Crippen LogP contribution < -0.4 is 4.74 Å². The molecule has 0 amide bonds. The maximum atomic E-state index is 12.2. The zero-order valence-electron chi connectivity index (χ0n) is 12.3. The summed E-state index contributed by atoms with van der Waals surface area (Å²) < 4.78 is 30.4. The molecular formula is C16H16F2N2O2. The number of nitrogens with zero attached hydrogens (tertiary/aromatic N) is 2. The van der Waals surface area contributed by atoms with Crippen LogP contribution in [-0.2, 0) is 6.54 Å². The number of allylic oxidation sites excluding steroid dienone is 1. The number of halogens is 2. The number of rotatable bonds is 6. The zero-order valence-corrected chi connectivity index (χ0v) is 12.3. The van der Waals surface area contributed by atoms with Crippen molar-refractivity contribution in [3.8, 4) is 5.75 Å². The van der Waals surface area contributed by atoms with E-state index in [9.17, 15) is 13.6 Å². The summed E-state index contributed by atoms with van der Waals surface area (Å²) in [6, 6.07) is 5.72. The van der Waals surface area contributed by atoms with Gasteiger partial charge >= 0.3 is 6.61 Å².